The average Bonchev–Trinajstić information content (AvgIpc) is 2.47. The third kappa shape index (κ3) is 3.77. The molecule has 1 aliphatic carbocycles. The second-order valence-corrected chi connectivity index (χ2v) is 5.83. The smallest absolute Gasteiger partial charge is 0.377 e. The van der Waals surface area contributed by atoms with Crippen LogP contribution in [0.2, 0.25) is 0 Å². The number of hydrogen-bond acceptors (Lipinski definition) is 2. The van der Waals surface area contributed by atoms with Crippen molar-refractivity contribution in [2.24, 2.45) is 5.73 Å². The molecule has 21 heavy (non-hydrogen) atoms. The molecule has 0 bridgehead atoms. The molecular weight excluding hydrogens is 279 g/mol. The molecule has 2 nitrogen and oxygen atoms in total. The molecular formula is C16H22F3NO. The highest BCUT2D eigenvalue weighted by molar-refractivity contribution is 5.25. The van der Waals surface area contributed by atoms with Crippen LogP contribution in [-0.4, -0.2) is 18.8 Å². The Morgan fingerprint density at radius 3 is 2.19 bits per heavy atom. The molecule has 0 aromatic heterocycles. The van der Waals surface area contributed by atoms with Gasteiger partial charge in [0, 0.05) is 13.2 Å². The van der Waals surface area contributed by atoms with Crippen LogP contribution in [0.25, 0.3) is 0 Å². The summed E-state index contributed by atoms with van der Waals surface area (Å²) >= 11 is 0. The van der Waals surface area contributed by atoms with Gasteiger partial charge in [0.05, 0.1) is 11.2 Å². The molecule has 1 aliphatic rings. The summed E-state index contributed by atoms with van der Waals surface area (Å²) in [5.41, 5.74) is 6.16. The number of hydrogen-bond donors (Lipinski definition) is 1. The lowest BCUT2D eigenvalue weighted by molar-refractivity contribution is -0.137. The Balaban J connectivity index is 2.06. The predicted molar refractivity (Wildman–Crippen MR) is 75.9 cm³/mol. The molecule has 1 fully saturated rings. The van der Waals surface area contributed by atoms with E-state index in [1.165, 1.54) is 18.6 Å². The lowest BCUT2D eigenvalue weighted by Crippen LogP contribution is -2.51. The van der Waals surface area contributed by atoms with E-state index in [9.17, 15) is 13.2 Å². The van der Waals surface area contributed by atoms with Gasteiger partial charge >= 0.3 is 6.18 Å². The van der Waals surface area contributed by atoms with Crippen LogP contribution < -0.4 is 5.73 Å². The largest absolute Gasteiger partial charge is 0.416 e. The van der Waals surface area contributed by atoms with Gasteiger partial charge in [0.25, 0.3) is 0 Å². The Kier molecular flexibility index (Phi) is 4.94. The SMILES string of the molecule is COC1(C(N)Cc2ccc(C(F)(F)F)cc2)CCCCC1. The van der Waals surface area contributed by atoms with Crippen LogP contribution >= 0.6 is 0 Å². The lowest BCUT2D eigenvalue weighted by atomic mass is 9.77. The van der Waals surface area contributed by atoms with Crippen LogP contribution in [0.1, 0.15) is 43.2 Å². The van der Waals surface area contributed by atoms with Gasteiger partial charge in [-0.1, -0.05) is 31.4 Å². The molecule has 1 aromatic rings. The monoisotopic (exact) mass is 301 g/mol. The fraction of sp³-hybridized carbons (Fsp3) is 0.625. The second kappa shape index (κ2) is 6.36. The summed E-state index contributed by atoms with van der Waals surface area (Å²) in [6.07, 6.45) is 1.46. The van der Waals surface area contributed by atoms with Crippen molar-refractivity contribution >= 4 is 0 Å². The maximum atomic E-state index is 12.5. The second-order valence-electron chi connectivity index (χ2n) is 5.83. The quantitative estimate of drug-likeness (QED) is 0.914. The first-order valence-electron chi connectivity index (χ1n) is 7.34. The summed E-state index contributed by atoms with van der Waals surface area (Å²) in [7, 11) is 1.68. The van der Waals surface area contributed by atoms with Crippen molar-refractivity contribution in [3.8, 4) is 0 Å². The Morgan fingerprint density at radius 2 is 1.71 bits per heavy atom. The fourth-order valence-corrected chi connectivity index (χ4v) is 3.15. The van der Waals surface area contributed by atoms with Crippen molar-refractivity contribution < 1.29 is 17.9 Å². The number of alkyl halides is 3. The minimum absolute atomic E-state index is 0.195. The zero-order valence-electron chi connectivity index (χ0n) is 12.2. The summed E-state index contributed by atoms with van der Waals surface area (Å²) in [5, 5.41) is 0. The van der Waals surface area contributed by atoms with E-state index in [0.29, 0.717) is 6.42 Å². The maximum absolute atomic E-state index is 12.5. The topological polar surface area (TPSA) is 35.2 Å². The maximum Gasteiger partial charge on any atom is 0.416 e. The zero-order chi connectivity index (χ0) is 15.5. The van der Waals surface area contributed by atoms with Crippen LogP contribution in [0.5, 0.6) is 0 Å². The van der Waals surface area contributed by atoms with Gasteiger partial charge in [-0.2, -0.15) is 13.2 Å². The minimum atomic E-state index is -4.29. The van der Waals surface area contributed by atoms with E-state index in [1.54, 1.807) is 7.11 Å². The van der Waals surface area contributed by atoms with Crippen molar-refractivity contribution in [2.75, 3.05) is 7.11 Å². The van der Waals surface area contributed by atoms with Crippen LogP contribution in [-0.2, 0) is 17.3 Å². The molecule has 0 amide bonds. The third-order valence-corrected chi connectivity index (χ3v) is 4.52. The summed E-state index contributed by atoms with van der Waals surface area (Å²) in [6, 6.07) is 5.05. The van der Waals surface area contributed by atoms with E-state index in [1.807, 2.05) is 0 Å². The number of nitrogens with two attached hydrogens (primary N) is 1. The molecule has 0 saturated heterocycles. The van der Waals surface area contributed by atoms with E-state index in [4.69, 9.17) is 10.5 Å². The van der Waals surface area contributed by atoms with E-state index >= 15 is 0 Å². The van der Waals surface area contributed by atoms with E-state index in [2.05, 4.69) is 0 Å². The molecule has 0 spiro atoms. The van der Waals surface area contributed by atoms with Gasteiger partial charge in [0.1, 0.15) is 0 Å². The minimum Gasteiger partial charge on any atom is -0.377 e. The number of rotatable bonds is 4. The third-order valence-electron chi connectivity index (χ3n) is 4.52. The number of halogens is 3. The van der Waals surface area contributed by atoms with Crippen molar-refractivity contribution in [2.45, 2.75) is 56.3 Å². The molecule has 2 N–H and O–H groups in total. The van der Waals surface area contributed by atoms with Gasteiger partial charge < -0.3 is 10.5 Å². The molecule has 2 rings (SSSR count). The summed E-state index contributed by atoms with van der Waals surface area (Å²) in [6.45, 7) is 0. The first-order valence-corrected chi connectivity index (χ1v) is 7.34. The Morgan fingerprint density at radius 1 is 1.14 bits per heavy atom. The fourth-order valence-electron chi connectivity index (χ4n) is 3.15. The Hall–Kier alpha value is -1.07. The molecule has 1 unspecified atom stereocenters. The first-order chi connectivity index (χ1) is 9.87. The normalized spacial score (nSPS) is 20.2. The van der Waals surface area contributed by atoms with Gasteiger partial charge in [-0.3, -0.25) is 0 Å². The van der Waals surface area contributed by atoms with Gasteiger partial charge in [0.2, 0.25) is 0 Å². The predicted octanol–water partition coefficient (Wildman–Crippen LogP) is 3.92. The van der Waals surface area contributed by atoms with Crippen LogP contribution in [0.3, 0.4) is 0 Å². The van der Waals surface area contributed by atoms with Crippen molar-refractivity contribution in [1.29, 1.82) is 0 Å². The Bertz CT molecular complexity index is 450. The van der Waals surface area contributed by atoms with Gasteiger partial charge in [-0.05, 0) is 37.0 Å². The zero-order valence-corrected chi connectivity index (χ0v) is 12.2. The molecule has 0 heterocycles. The number of methoxy groups -OCH3 is 1. The molecule has 118 valence electrons. The van der Waals surface area contributed by atoms with E-state index in [0.717, 1.165) is 43.4 Å². The summed E-state index contributed by atoms with van der Waals surface area (Å²) in [4.78, 5) is 0. The highest BCUT2D eigenvalue weighted by atomic mass is 19.4. The van der Waals surface area contributed by atoms with Crippen LogP contribution in [0, 0.1) is 0 Å². The molecule has 1 atom stereocenters. The van der Waals surface area contributed by atoms with Gasteiger partial charge in [-0.15, -0.1) is 0 Å². The highest BCUT2D eigenvalue weighted by Crippen LogP contribution is 2.35. The van der Waals surface area contributed by atoms with Crippen molar-refractivity contribution in [3.05, 3.63) is 35.4 Å². The summed E-state index contributed by atoms with van der Waals surface area (Å²) < 4.78 is 43.3. The molecule has 0 aliphatic heterocycles. The van der Waals surface area contributed by atoms with Crippen LogP contribution in [0.15, 0.2) is 24.3 Å². The van der Waals surface area contributed by atoms with E-state index in [-0.39, 0.29) is 11.6 Å². The average molecular weight is 301 g/mol. The summed E-state index contributed by atoms with van der Waals surface area (Å²) in [5.74, 6) is 0. The van der Waals surface area contributed by atoms with Crippen molar-refractivity contribution in [1.82, 2.24) is 0 Å². The highest BCUT2D eigenvalue weighted by Gasteiger charge is 2.38. The Labute approximate surface area is 123 Å². The molecule has 5 heteroatoms. The van der Waals surface area contributed by atoms with Gasteiger partial charge in [-0.25, -0.2) is 0 Å². The number of ether oxygens (including phenoxy) is 1. The standard InChI is InChI=1S/C16H22F3NO/c1-21-15(9-3-2-4-10-15)14(20)11-12-5-7-13(8-6-12)16(17,18)19/h5-8,14H,2-4,9-11,20H2,1H3. The van der Waals surface area contributed by atoms with Gasteiger partial charge in [0.15, 0.2) is 0 Å². The molecule has 0 radical (unpaired) electrons. The van der Waals surface area contributed by atoms with Crippen molar-refractivity contribution in [3.63, 3.8) is 0 Å². The van der Waals surface area contributed by atoms with E-state index < -0.39 is 11.7 Å². The molecule has 1 saturated carbocycles. The number of benzene rings is 1. The first kappa shape index (κ1) is 16.3. The lowest BCUT2D eigenvalue weighted by Gasteiger charge is -2.41. The molecule has 1 aromatic carbocycles. The van der Waals surface area contributed by atoms with Crippen LogP contribution in [0.4, 0.5) is 13.2 Å².